The van der Waals surface area contributed by atoms with E-state index in [0.29, 0.717) is 27.7 Å². The maximum absolute atomic E-state index is 11.9. The molecule has 130 valence electrons. The van der Waals surface area contributed by atoms with Crippen molar-refractivity contribution in [2.24, 2.45) is 0 Å². The van der Waals surface area contributed by atoms with Crippen LogP contribution in [0, 0.1) is 18.3 Å². The van der Waals surface area contributed by atoms with Gasteiger partial charge < -0.3 is 5.32 Å². The Kier molecular flexibility index (Phi) is 5.61. The molecule has 0 saturated carbocycles. The number of allylic oxidation sites excluding steroid dienone is 1. The molecule has 0 aliphatic heterocycles. The third-order valence-electron chi connectivity index (χ3n) is 3.71. The Hall–Kier alpha value is -2.75. The zero-order valence-corrected chi connectivity index (χ0v) is 16.1. The molecule has 1 aromatic carbocycles. The number of benzene rings is 1. The van der Waals surface area contributed by atoms with Crippen LogP contribution in [0.5, 0.6) is 0 Å². The van der Waals surface area contributed by atoms with Gasteiger partial charge >= 0.3 is 0 Å². The van der Waals surface area contributed by atoms with E-state index >= 15 is 0 Å². The highest BCUT2D eigenvalue weighted by molar-refractivity contribution is 7.17. The van der Waals surface area contributed by atoms with Gasteiger partial charge in [-0.3, -0.25) is 4.79 Å². The lowest BCUT2D eigenvalue weighted by Gasteiger charge is -2.04. The average Bonchev–Trinajstić information content (AvgIpc) is 3.30. The van der Waals surface area contributed by atoms with Gasteiger partial charge in [0.05, 0.1) is 5.57 Å². The highest BCUT2D eigenvalue weighted by atomic mass is 32.1. The van der Waals surface area contributed by atoms with E-state index in [2.05, 4.69) is 16.4 Å². The lowest BCUT2D eigenvalue weighted by atomic mass is 10.1. The van der Waals surface area contributed by atoms with E-state index in [1.54, 1.807) is 18.3 Å². The number of hydrogen-bond acceptors (Lipinski definition) is 5. The Balaban J connectivity index is 2.07. The minimum Gasteiger partial charge on any atom is -0.316 e. The van der Waals surface area contributed by atoms with E-state index in [9.17, 15) is 10.1 Å². The second-order valence-electron chi connectivity index (χ2n) is 5.65. The molecule has 0 radical (unpaired) electrons. The molecule has 2 aromatic heterocycles. The van der Waals surface area contributed by atoms with Crippen LogP contribution in [0.15, 0.2) is 41.8 Å². The summed E-state index contributed by atoms with van der Waals surface area (Å²) in [5, 5.41) is 15.7. The van der Waals surface area contributed by atoms with Gasteiger partial charge in [0, 0.05) is 16.9 Å². The third-order valence-corrected chi connectivity index (χ3v) is 5.53. The standard InChI is InChI=1S/C20H17N3OS2/c1-3-17(24)22-20-18(14-8-6-13(2)7-9-14)23-19(26-20)15(12-21)11-16-5-4-10-25-16/h4-11H,3H2,1-2H3,(H,22,24)/b15-11+. The fourth-order valence-corrected chi connectivity index (χ4v) is 3.93. The molecule has 0 atom stereocenters. The number of thiophene rings is 1. The van der Waals surface area contributed by atoms with E-state index in [0.717, 1.165) is 16.0 Å². The monoisotopic (exact) mass is 379 g/mol. The maximum atomic E-state index is 11.9. The Morgan fingerprint density at radius 3 is 2.69 bits per heavy atom. The maximum Gasteiger partial charge on any atom is 0.224 e. The van der Waals surface area contributed by atoms with E-state index in [-0.39, 0.29) is 5.91 Å². The highest BCUT2D eigenvalue weighted by Crippen LogP contribution is 2.37. The second-order valence-corrected chi connectivity index (χ2v) is 7.63. The lowest BCUT2D eigenvalue weighted by Crippen LogP contribution is -2.08. The summed E-state index contributed by atoms with van der Waals surface area (Å²) in [6, 6.07) is 14.1. The smallest absolute Gasteiger partial charge is 0.224 e. The minimum absolute atomic E-state index is 0.0747. The molecule has 4 nitrogen and oxygen atoms in total. The fourth-order valence-electron chi connectivity index (χ4n) is 2.30. The Bertz CT molecular complexity index is 977. The molecule has 26 heavy (non-hydrogen) atoms. The van der Waals surface area contributed by atoms with Gasteiger partial charge in [0.15, 0.2) is 0 Å². The average molecular weight is 380 g/mol. The van der Waals surface area contributed by atoms with Gasteiger partial charge in [-0.25, -0.2) is 4.98 Å². The normalized spacial score (nSPS) is 11.2. The molecule has 0 fully saturated rings. The molecule has 0 saturated heterocycles. The molecule has 0 aliphatic rings. The first-order valence-electron chi connectivity index (χ1n) is 8.14. The van der Waals surface area contributed by atoms with Crippen molar-refractivity contribution in [3.8, 4) is 17.3 Å². The summed E-state index contributed by atoms with van der Waals surface area (Å²) in [7, 11) is 0. The Morgan fingerprint density at radius 1 is 1.31 bits per heavy atom. The number of anilines is 1. The van der Waals surface area contributed by atoms with Crippen LogP contribution >= 0.6 is 22.7 Å². The summed E-state index contributed by atoms with van der Waals surface area (Å²) in [5.41, 5.74) is 3.25. The second kappa shape index (κ2) is 8.09. The molecular formula is C20H17N3OS2. The minimum atomic E-state index is -0.0747. The van der Waals surface area contributed by atoms with Gasteiger partial charge in [0.2, 0.25) is 5.91 Å². The number of nitrogens with one attached hydrogen (secondary N) is 1. The molecule has 2 heterocycles. The van der Waals surface area contributed by atoms with Crippen LogP contribution in [-0.2, 0) is 4.79 Å². The van der Waals surface area contributed by atoms with Crippen LogP contribution in [0.3, 0.4) is 0 Å². The van der Waals surface area contributed by atoms with Gasteiger partial charge in [-0.15, -0.1) is 11.3 Å². The number of aromatic nitrogens is 1. The fraction of sp³-hybridized carbons (Fsp3) is 0.150. The van der Waals surface area contributed by atoms with Crippen LogP contribution in [0.2, 0.25) is 0 Å². The first-order chi connectivity index (χ1) is 12.6. The van der Waals surface area contributed by atoms with Gasteiger partial charge in [-0.2, -0.15) is 5.26 Å². The van der Waals surface area contributed by atoms with Crippen molar-refractivity contribution in [3.63, 3.8) is 0 Å². The summed E-state index contributed by atoms with van der Waals surface area (Å²) in [6.45, 7) is 3.83. The van der Waals surface area contributed by atoms with Crippen molar-refractivity contribution in [1.29, 1.82) is 5.26 Å². The van der Waals surface area contributed by atoms with Crippen molar-refractivity contribution >= 4 is 45.2 Å². The zero-order chi connectivity index (χ0) is 18.5. The number of carbonyl (C=O) groups is 1. The van der Waals surface area contributed by atoms with E-state index in [1.165, 1.54) is 11.3 Å². The van der Waals surface area contributed by atoms with Gasteiger partial charge in [-0.05, 0) is 24.4 Å². The number of hydrogen-bond donors (Lipinski definition) is 1. The van der Waals surface area contributed by atoms with Crippen LogP contribution < -0.4 is 5.32 Å². The first kappa shape index (κ1) is 18.1. The van der Waals surface area contributed by atoms with Crippen molar-refractivity contribution < 1.29 is 4.79 Å². The van der Waals surface area contributed by atoms with Crippen molar-refractivity contribution in [1.82, 2.24) is 4.98 Å². The van der Waals surface area contributed by atoms with E-state index in [1.807, 2.05) is 54.8 Å². The van der Waals surface area contributed by atoms with Crippen molar-refractivity contribution in [3.05, 3.63) is 57.2 Å². The van der Waals surface area contributed by atoms with Gasteiger partial charge in [-0.1, -0.05) is 54.2 Å². The van der Waals surface area contributed by atoms with Gasteiger partial charge in [0.1, 0.15) is 21.8 Å². The number of thiazole rings is 1. The number of nitriles is 1. The quantitative estimate of drug-likeness (QED) is 0.587. The first-order valence-corrected chi connectivity index (χ1v) is 9.83. The number of rotatable bonds is 5. The van der Waals surface area contributed by atoms with Crippen LogP contribution in [0.1, 0.15) is 28.8 Å². The highest BCUT2D eigenvalue weighted by Gasteiger charge is 2.17. The van der Waals surface area contributed by atoms with E-state index in [4.69, 9.17) is 0 Å². The predicted molar refractivity (Wildman–Crippen MR) is 109 cm³/mol. The van der Waals surface area contributed by atoms with Crippen molar-refractivity contribution in [2.45, 2.75) is 20.3 Å². The number of carbonyl (C=O) groups excluding carboxylic acids is 1. The summed E-state index contributed by atoms with van der Waals surface area (Å²) in [6.07, 6.45) is 2.21. The molecule has 0 unspecified atom stereocenters. The molecule has 3 rings (SSSR count). The predicted octanol–water partition coefficient (Wildman–Crippen LogP) is 5.59. The Labute approximate surface area is 160 Å². The molecule has 0 aliphatic carbocycles. The number of amides is 1. The molecular weight excluding hydrogens is 362 g/mol. The molecule has 1 amide bonds. The SMILES string of the molecule is CCC(=O)Nc1sc(/C(C#N)=C/c2cccs2)nc1-c1ccc(C)cc1. The molecule has 0 bridgehead atoms. The summed E-state index contributed by atoms with van der Waals surface area (Å²) in [4.78, 5) is 17.6. The topological polar surface area (TPSA) is 65.8 Å². The molecule has 1 N–H and O–H groups in total. The lowest BCUT2D eigenvalue weighted by molar-refractivity contribution is -0.115. The third kappa shape index (κ3) is 4.07. The molecule has 0 spiro atoms. The van der Waals surface area contributed by atoms with Crippen molar-refractivity contribution in [2.75, 3.05) is 5.32 Å². The Morgan fingerprint density at radius 2 is 2.08 bits per heavy atom. The summed E-state index contributed by atoms with van der Waals surface area (Å²) in [5.74, 6) is -0.0747. The summed E-state index contributed by atoms with van der Waals surface area (Å²) < 4.78 is 0. The van der Waals surface area contributed by atoms with Gasteiger partial charge in [0.25, 0.3) is 0 Å². The van der Waals surface area contributed by atoms with Crippen LogP contribution in [-0.4, -0.2) is 10.9 Å². The van der Waals surface area contributed by atoms with Crippen LogP contribution in [0.4, 0.5) is 5.00 Å². The zero-order valence-electron chi connectivity index (χ0n) is 14.4. The van der Waals surface area contributed by atoms with E-state index < -0.39 is 0 Å². The largest absolute Gasteiger partial charge is 0.316 e. The summed E-state index contributed by atoms with van der Waals surface area (Å²) >= 11 is 2.89. The molecule has 3 aromatic rings. The molecule has 6 heteroatoms. The van der Waals surface area contributed by atoms with Crippen LogP contribution in [0.25, 0.3) is 22.9 Å². The number of aryl methyl sites for hydroxylation is 1. The number of nitrogens with zero attached hydrogens (tertiary/aromatic N) is 2.